The van der Waals surface area contributed by atoms with Crippen LogP contribution in [0.1, 0.15) is 11.6 Å². The third-order valence-corrected chi connectivity index (χ3v) is 1.76. The highest BCUT2D eigenvalue weighted by atomic mass is 16.4. The van der Waals surface area contributed by atoms with Crippen molar-refractivity contribution in [3.63, 3.8) is 0 Å². The van der Waals surface area contributed by atoms with Crippen LogP contribution in [0.2, 0.25) is 0 Å². The maximum absolute atomic E-state index is 10.5. The zero-order valence-electron chi connectivity index (χ0n) is 7.01. The van der Waals surface area contributed by atoms with Crippen LogP contribution in [0.15, 0.2) is 12.1 Å². The number of carboxylic acid groups (broad SMARTS) is 1. The number of carboxylic acids is 1. The van der Waals surface area contributed by atoms with Gasteiger partial charge in [-0.1, -0.05) is 0 Å². The van der Waals surface area contributed by atoms with E-state index >= 15 is 0 Å². The van der Waals surface area contributed by atoms with Crippen LogP contribution in [0, 0.1) is 0 Å². The van der Waals surface area contributed by atoms with Crippen LogP contribution in [-0.4, -0.2) is 26.4 Å². The van der Waals surface area contributed by atoms with Crippen LogP contribution in [0.3, 0.4) is 0 Å². The lowest BCUT2D eigenvalue weighted by molar-refractivity contribution is -0.138. The Morgan fingerprint density at radius 3 is 2.29 bits per heavy atom. The molecule has 1 rings (SSSR count). The summed E-state index contributed by atoms with van der Waals surface area (Å²) in [7, 11) is 0. The molecule has 1 aromatic carbocycles. The number of hydrogen-bond acceptors (Lipinski definition) is 5. The number of aromatic hydroxyl groups is 3. The first kappa shape index (κ1) is 10.1. The van der Waals surface area contributed by atoms with Crippen LogP contribution in [0.4, 0.5) is 0 Å². The minimum Gasteiger partial charge on any atom is -0.504 e. The van der Waals surface area contributed by atoms with Crippen molar-refractivity contribution in [3.8, 4) is 17.2 Å². The first-order chi connectivity index (χ1) is 6.45. The smallest absolute Gasteiger partial charge is 0.325 e. The van der Waals surface area contributed by atoms with Crippen molar-refractivity contribution < 1.29 is 25.2 Å². The minimum absolute atomic E-state index is 0.159. The number of hydrogen-bond donors (Lipinski definition) is 5. The molecule has 1 aromatic rings. The van der Waals surface area contributed by atoms with Crippen LogP contribution < -0.4 is 5.73 Å². The lowest BCUT2D eigenvalue weighted by Crippen LogP contribution is -2.20. The Hall–Kier alpha value is -1.95. The van der Waals surface area contributed by atoms with Crippen LogP contribution in [-0.2, 0) is 4.79 Å². The maximum atomic E-state index is 10.5. The van der Waals surface area contributed by atoms with Crippen LogP contribution in [0.5, 0.6) is 17.2 Å². The van der Waals surface area contributed by atoms with Gasteiger partial charge in [-0.25, -0.2) is 0 Å². The van der Waals surface area contributed by atoms with E-state index in [-0.39, 0.29) is 5.56 Å². The van der Waals surface area contributed by atoms with E-state index in [2.05, 4.69) is 0 Å². The van der Waals surface area contributed by atoms with Gasteiger partial charge in [-0.2, -0.15) is 0 Å². The van der Waals surface area contributed by atoms with Crippen molar-refractivity contribution in [2.24, 2.45) is 5.73 Å². The summed E-state index contributed by atoms with van der Waals surface area (Å²) in [5, 5.41) is 35.8. The molecule has 0 amide bonds. The fraction of sp³-hybridized carbons (Fsp3) is 0.125. The lowest BCUT2D eigenvalue weighted by Gasteiger charge is -2.10. The molecule has 6 N–H and O–H groups in total. The largest absolute Gasteiger partial charge is 0.504 e. The quantitative estimate of drug-likeness (QED) is 0.423. The van der Waals surface area contributed by atoms with Gasteiger partial charge in [-0.15, -0.1) is 0 Å². The molecule has 0 aromatic heterocycles. The molecule has 76 valence electrons. The van der Waals surface area contributed by atoms with Crippen molar-refractivity contribution in [3.05, 3.63) is 17.7 Å². The van der Waals surface area contributed by atoms with Crippen molar-refractivity contribution in [2.45, 2.75) is 6.04 Å². The van der Waals surface area contributed by atoms with Crippen molar-refractivity contribution >= 4 is 5.97 Å². The molecule has 0 bridgehead atoms. The second-order valence-corrected chi connectivity index (χ2v) is 2.69. The van der Waals surface area contributed by atoms with Gasteiger partial charge >= 0.3 is 5.97 Å². The predicted octanol–water partition coefficient (Wildman–Crippen LogP) is -0.112. The van der Waals surface area contributed by atoms with Gasteiger partial charge in [0.1, 0.15) is 6.04 Å². The molecular formula is C8H9NO5. The van der Waals surface area contributed by atoms with Crippen LogP contribution in [0.25, 0.3) is 0 Å². The predicted molar refractivity (Wildman–Crippen MR) is 46.0 cm³/mol. The molecule has 0 saturated carbocycles. The number of phenols is 3. The van der Waals surface area contributed by atoms with E-state index in [1.54, 1.807) is 0 Å². The second kappa shape index (κ2) is 3.43. The highest BCUT2D eigenvalue weighted by molar-refractivity contribution is 5.77. The number of benzene rings is 1. The van der Waals surface area contributed by atoms with E-state index in [1.165, 1.54) is 0 Å². The van der Waals surface area contributed by atoms with Gasteiger partial charge in [0, 0.05) is 5.56 Å². The van der Waals surface area contributed by atoms with Crippen molar-refractivity contribution in [1.82, 2.24) is 0 Å². The summed E-state index contributed by atoms with van der Waals surface area (Å²) in [4.78, 5) is 10.5. The monoisotopic (exact) mass is 199 g/mol. The number of nitrogens with two attached hydrogens (primary N) is 1. The van der Waals surface area contributed by atoms with Gasteiger partial charge in [-0.3, -0.25) is 4.79 Å². The zero-order valence-corrected chi connectivity index (χ0v) is 7.01. The summed E-state index contributed by atoms with van der Waals surface area (Å²) in [5.41, 5.74) is 5.05. The summed E-state index contributed by atoms with van der Waals surface area (Å²) in [6.45, 7) is 0. The standard InChI is InChI=1S/C8H9NO5/c9-5(8(13)14)3-1-2-4(10)7(12)6(3)11/h1-2,5,10-12H,9H2,(H,13,14)/t5-/m0/s1. The van der Waals surface area contributed by atoms with Gasteiger partial charge < -0.3 is 26.2 Å². The molecule has 0 saturated heterocycles. The highest BCUT2D eigenvalue weighted by Gasteiger charge is 2.21. The summed E-state index contributed by atoms with van der Waals surface area (Å²) in [5.74, 6) is -3.38. The van der Waals surface area contributed by atoms with Crippen molar-refractivity contribution in [1.29, 1.82) is 0 Å². The molecule has 0 heterocycles. The second-order valence-electron chi connectivity index (χ2n) is 2.69. The molecule has 0 radical (unpaired) electrons. The zero-order chi connectivity index (χ0) is 10.9. The number of carbonyl (C=O) groups is 1. The number of aliphatic carboxylic acids is 1. The first-order valence-corrected chi connectivity index (χ1v) is 3.67. The number of phenolic OH excluding ortho intramolecular Hbond substituents is 3. The summed E-state index contributed by atoms with van der Waals surface area (Å²) < 4.78 is 0. The summed E-state index contributed by atoms with van der Waals surface area (Å²) in [6.07, 6.45) is 0. The lowest BCUT2D eigenvalue weighted by atomic mass is 10.1. The topological polar surface area (TPSA) is 124 Å². The molecule has 0 aliphatic carbocycles. The van der Waals surface area contributed by atoms with Gasteiger partial charge in [0.2, 0.25) is 5.75 Å². The fourth-order valence-electron chi connectivity index (χ4n) is 0.969. The Bertz CT molecular complexity index is 376. The molecule has 6 heteroatoms. The molecule has 0 aliphatic heterocycles. The first-order valence-electron chi connectivity index (χ1n) is 3.67. The Labute approximate surface area is 78.8 Å². The minimum atomic E-state index is -1.44. The van der Waals surface area contributed by atoms with Crippen LogP contribution >= 0.6 is 0 Å². The maximum Gasteiger partial charge on any atom is 0.325 e. The van der Waals surface area contributed by atoms with Gasteiger partial charge in [0.15, 0.2) is 11.5 Å². The summed E-state index contributed by atoms with van der Waals surface area (Å²) in [6, 6.07) is 0.734. The Morgan fingerprint density at radius 2 is 1.79 bits per heavy atom. The molecule has 1 atom stereocenters. The average Bonchev–Trinajstić information content (AvgIpc) is 2.13. The van der Waals surface area contributed by atoms with E-state index in [0.717, 1.165) is 12.1 Å². The molecule has 6 nitrogen and oxygen atoms in total. The fourth-order valence-corrected chi connectivity index (χ4v) is 0.969. The van der Waals surface area contributed by atoms with E-state index in [0.29, 0.717) is 0 Å². The summed E-state index contributed by atoms with van der Waals surface area (Å²) >= 11 is 0. The van der Waals surface area contributed by atoms with Gasteiger partial charge in [0.25, 0.3) is 0 Å². The third kappa shape index (κ3) is 1.55. The van der Waals surface area contributed by atoms with Crippen molar-refractivity contribution in [2.75, 3.05) is 0 Å². The van der Waals surface area contributed by atoms with Gasteiger partial charge in [-0.05, 0) is 12.1 Å². The van der Waals surface area contributed by atoms with Gasteiger partial charge in [0.05, 0.1) is 0 Å². The molecule has 0 fully saturated rings. The molecule has 0 aliphatic rings. The molecular weight excluding hydrogens is 190 g/mol. The SMILES string of the molecule is N[C@H](C(=O)O)c1ccc(O)c(O)c1O. The normalized spacial score (nSPS) is 12.4. The highest BCUT2D eigenvalue weighted by Crippen LogP contribution is 2.38. The van der Waals surface area contributed by atoms with E-state index in [4.69, 9.17) is 21.1 Å². The van der Waals surface area contributed by atoms with E-state index in [9.17, 15) is 9.90 Å². The number of rotatable bonds is 2. The Kier molecular flexibility index (Phi) is 2.48. The Morgan fingerprint density at radius 1 is 1.21 bits per heavy atom. The average molecular weight is 199 g/mol. The van der Waals surface area contributed by atoms with E-state index in [1.807, 2.05) is 0 Å². The molecule has 0 unspecified atom stereocenters. The molecule has 0 spiro atoms. The third-order valence-electron chi connectivity index (χ3n) is 1.76. The Balaban J connectivity index is 3.24. The molecule has 14 heavy (non-hydrogen) atoms. The van der Waals surface area contributed by atoms with E-state index < -0.39 is 29.3 Å².